The molecule has 0 amide bonds. The number of hydrogen-bond donors (Lipinski definition) is 1. The molecule has 0 aliphatic carbocycles. The summed E-state index contributed by atoms with van der Waals surface area (Å²) < 4.78 is 27.8. The minimum absolute atomic E-state index is 0.159. The highest BCUT2D eigenvalue weighted by Crippen LogP contribution is 2.14. The Balaban J connectivity index is 2.19. The van der Waals surface area contributed by atoms with Gasteiger partial charge in [-0.2, -0.15) is 0 Å². The third kappa shape index (κ3) is 2.46. The van der Waals surface area contributed by atoms with Gasteiger partial charge in [-0.15, -0.1) is 0 Å². The lowest BCUT2D eigenvalue weighted by Crippen LogP contribution is -2.06. The Hall–Kier alpha value is -1.68. The number of halogens is 1. The molecule has 1 unspecified atom stereocenters. The second kappa shape index (κ2) is 4.90. The summed E-state index contributed by atoms with van der Waals surface area (Å²) in [5.41, 5.74) is 0.698. The van der Waals surface area contributed by atoms with E-state index < -0.39 is 16.8 Å². The van der Waals surface area contributed by atoms with E-state index in [0.717, 1.165) is 0 Å². The van der Waals surface area contributed by atoms with Crippen molar-refractivity contribution in [2.24, 2.45) is 0 Å². The molecule has 4 heteroatoms. The molecule has 0 bridgehead atoms. The summed E-state index contributed by atoms with van der Waals surface area (Å²) in [4.78, 5) is 0.159. The summed E-state index contributed by atoms with van der Waals surface area (Å²) in [5, 5.41) is 0. The highest BCUT2D eigenvalue weighted by atomic mass is 32.2. The molecule has 1 atom stereocenters. The molecular weight excluding hydrogens is 225 g/mol. The third-order valence-electron chi connectivity index (χ3n) is 2.02. The van der Waals surface area contributed by atoms with Crippen LogP contribution in [0.25, 0.3) is 0 Å². The van der Waals surface area contributed by atoms with Gasteiger partial charge in [0.05, 0.1) is 4.90 Å². The summed E-state index contributed by atoms with van der Waals surface area (Å²) in [6, 6.07) is 15.1. The molecule has 0 fully saturated rings. The highest BCUT2D eigenvalue weighted by Gasteiger charge is 2.08. The van der Waals surface area contributed by atoms with Crippen LogP contribution in [0.15, 0.2) is 59.5 Å². The van der Waals surface area contributed by atoms with Gasteiger partial charge in [-0.25, -0.2) is 8.60 Å². The second-order valence-electron chi connectivity index (χ2n) is 3.17. The molecule has 0 spiro atoms. The van der Waals surface area contributed by atoms with Gasteiger partial charge >= 0.3 is 0 Å². The second-order valence-corrected chi connectivity index (χ2v) is 4.35. The van der Waals surface area contributed by atoms with Crippen molar-refractivity contribution in [3.63, 3.8) is 0 Å². The van der Waals surface area contributed by atoms with Crippen LogP contribution in [0, 0.1) is 5.82 Å². The average molecular weight is 235 g/mol. The Labute approximate surface area is 95.7 Å². The summed E-state index contributed by atoms with van der Waals surface area (Å²) in [6.07, 6.45) is 0. The average Bonchev–Trinajstić information content (AvgIpc) is 2.31. The Morgan fingerprint density at radius 1 is 0.938 bits per heavy atom. The van der Waals surface area contributed by atoms with Crippen molar-refractivity contribution in [1.82, 2.24) is 0 Å². The molecule has 2 aromatic rings. The molecule has 82 valence electrons. The van der Waals surface area contributed by atoms with Crippen molar-refractivity contribution < 1.29 is 8.60 Å². The molecule has 0 aromatic heterocycles. The zero-order valence-electron chi connectivity index (χ0n) is 8.39. The molecule has 16 heavy (non-hydrogen) atoms. The summed E-state index contributed by atoms with van der Waals surface area (Å²) in [7, 11) is -1.57. The van der Waals surface area contributed by atoms with E-state index in [1.807, 2.05) is 18.2 Å². The summed E-state index contributed by atoms with van der Waals surface area (Å²) in [5.74, 6) is -0.468. The van der Waals surface area contributed by atoms with Crippen LogP contribution in [0.5, 0.6) is 0 Å². The van der Waals surface area contributed by atoms with Gasteiger partial charge in [0.25, 0.3) is 0 Å². The molecule has 0 saturated heterocycles. The maximum absolute atomic E-state index is 13.3. The van der Waals surface area contributed by atoms with Crippen LogP contribution in [0.1, 0.15) is 0 Å². The molecule has 0 saturated carbocycles. The number of benzene rings is 2. The van der Waals surface area contributed by atoms with E-state index in [0.29, 0.717) is 5.69 Å². The van der Waals surface area contributed by atoms with E-state index in [2.05, 4.69) is 4.72 Å². The predicted molar refractivity (Wildman–Crippen MR) is 62.9 cm³/mol. The Kier molecular flexibility index (Phi) is 3.31. The van der Waals surface area contributed by atoms with Crippen molar-refractivity contribution in [3.8, 4) is 0 Å². The minimum Gasteiger partial charge on any atom is -0.301 e. The maximum atomic E-state index is 13.3. The zero-order valence-corrected chi connectivity index (χ0v) is 9.21. The number of hydrogen-bond acceptors (Lipinski definition) is 1. The smallest absolute Gasteiger partial charge is 0.153 e. The van der Waals surface area contributed by atoms with Gasteiger partial charge in [0.1, 0.15) is 5.82 Å². The SMILES string of the molecule is O=S(Nc1ccccc1)c1ccccc1F. The molecule has 0 aliphatic rings. The number of anilines is 1. The normalized spacial score (nSPS) is 12.1. The highest BCUT2D eigenvalue weighted by molar-refractivity contribution is 7.86. The van der Waals surface area contributed by atoms with Crippen LogP contribution in [0.4, 0.5) is 10.1 Å². The maximum Gasteiger partial charge on any atom is 0.153 e. The van der Waals surface area contributed by atoms with Gasteiger partial charge < -0.3 is 4.72 Å². The van der Waals surface area contributed by atoms with Crippen LogP contribution >= 0.6 is 0 Å². The standard InChI is InChI=1S/C12H10FNOS/c13-11-8-4-5-9-12(11)16(15)14-10-6-2-1-3-7-10/h1-9,14H. The monoisotopic (exact) mass is 235 g/mol. The Bertz CT molecular complexity index is 501. The Morgan fingerprint density at radius 2 is 1.56 bits per heavy atom. The zero-order chi connectivity index (χ0) is 11.4. The van der Waals surface area contributed by atoms with Crippen molar-refractivity contribution in [3.05, 3.63) is 60.4 Å². The van der Waals surface area contributed by atoms with Gasteiger partial charge in [-0.1, -0.05) is 30.3 Å². The van der Waals surface area contributed by atoms with Gasteiger partial charge in [-0.05, 0) is 24.3 Å². The molecule has 0 heterocycles. The lowest BCUT2D eigenvalue weighted by Gasteiger charge is -2.06. The molecule has 2 aromatic carbocycles. The number of rotatable bonds is 3. The van der Waals surface area contributed by atoms with E-state index in [1.54, 1.807) is 24.3 Å². The van der Waals surface area contributed by atoms with Crippen molar-refractivity contribution in [1.29, 1.82) is 0 Å². The first-order chi connectivity index (χ1) is 7.77. The van der Waals surface area contributed by atoms with Crippen molar-refractivity contribution >= 4 is 16.7 Å². The fourth-order valence-electron chi connectivity index (χ4n) is 1.26. The molecule has 0 radical (unpaired) electrons. The fraction of sp³-hybridized carbons (Fsp3) is 0. The molecule has 1 N–H and O–H groups in total. The molecular formula is C12H10FNOS. The van der Waals surface area contributed by atoms with Crippen molar-refractivity contribution in [2.75, 3.05) is 4.72 Å². The van der Waals surface area contributed by atoms with E-state index >= 15 is 0 Å². The third-order valence-corrected chi connectivity index (χ3v) is 3.17. The molecule has 2 rings (SSSR count). The van der Waals surface area contributed by atoms with E-state index in [9.17, 15) is 8.60 Å². The van der Waals surface area contributed by atoms with E-state index in [1.165, 1.54) is 12.1 Å². The van der Waals surface area contributed by atoms with Crippen molar-refractivity contribution in [2.45, 2.75) is 4.90 Å². The Morgan fingerprint density at radius 3 is 2.25 bits per heavy atom. The van der Waals surface area contributed by atoms with Crippen LogP contribution in [-0.2, 0) is 11.0 Å². The quantitative estimate of drug-likeness (QED) is 0.870. The first kappa shape index (κ1) is 10.8. The summed E-state index contributed by atoms with van der Waals surface area (Å²) in [6.45, 7) is 0. The van der Waals surface area contributed by atoms with Crippen LogP contribution in [-0.4, -0.2) is 4.21 Å². The minimum atomic E-state index is -1.57. The largest absolute Gasteiger partial charge is 0.301 e. The first-order valence-corrected chi connectivity index (χ1v) is 5.90. The van der Waals surface area contributed by atoms with Gasteiger partial charge in [0.2, 0.25) is 0 Å². The fourth-order valence-corrected chi connectivity index (χ4v) is 2.17. The lowest BCUT2D eigenvalue weighted by atomic mass is 10.3. The van der Waals surface area contributed by atoms with Gasteiger partial charge in [-0.3, -0.25) is 0 Å². The van der Waals surface area contributed by atoms with E-state index in [-0.39, 0.29) is 4.90 Å². The lowest BCUT2D eigenvalue weighted by molar-refractivity contribution is 0.596. The first-order valence-electron chi connectivity index (χ1n) is 4.75. The summed E-state index contributed by atoms with van der Waals surface area (Å²) >= 11 is 0. The van der Waals surface area contributed by atoms with Crippen LogP contribution in [0.3, 0.4) is 0 Å². The van der Waals surface area contributed by atoms with Crippen LogP contribution in [0.2, 0.25) is 0 Å². The predicted octanol–water partition coefficient (Wildman–Crippen LogP) is 2.96. The van der Waals surface area contributed by atoms with Gasteiger partial charge in [0, 0.05) is 5.69 Å². The topological polar surface area (TPSA) is 29.1 Å². The molecule has 2 nitrogen and oxygen atoms in total. The van der Waals surface area contributed by atoms with Gasteiger partial charge in [0.15, 0.2) is 11.0 Å². The molecule has 0 aliphatic heterocycles. The van der Waals surface area contributed by atoms with Crippen LogP contribution < -0.4 is 4.72 Å². The van der Waals surface area contributed by atoms with E-state index in [4.69, 9.17) is 0 Å². The number of nitrogens with one attached hydrogen (secondary N) is 1. The number of para-hydroxylation sites is 1.